The summed E-state index contributed by atoms with van der Waals surface area (Å²) in [6.07, 6.45) is 7.40. The van der Waals surface area contributed by atoms with Gasteiger partial charge in [0.25, 0.3) is 0 Å². The van der Waals surface area contributed by atoms with E-state index in [-0.39, 0.29) is 32.7 Å². The molecule has 75 valence electrons. The molecule has 0 aromatic heterocycles. The first-order chi connectivity index (χ1) is 6.11. The predicted octanol–water partition coefficient (Wildman–Crippen LogP) is 3.43. The van der Waals surface area contributed by atoms with Crippen LogP contribution in [0.5, 0.6) is 0 Å². The third kappa shape index (κ3) is 7.40. The molecule has 0 aromatic rings. The van der Waals surface area contributed by atoms with E-state index in [1.807, 2.05) is 19.1 Å². The van der Waals surface area contributed by atoms with Crippen LogP contribution in [0.25, 0.3) is 0 Å². The Bertz CT molecular complexity index is 239. The van der Waals surface area contributed by atoms with Gasteiger partial charge < -0.3 is 11.6 Å². The smallest absolute Gasteiger partial charge is 0 e. The molecular weight excluding hydrogens is 247 g/mol. The van der Waals surface area contributed by atoms with Crippen molar-refractivity contribution in [1.82, 2.24) is 0 Å². The molecule has 1 atom stereocenters. The average Bonchev–Trinajstić information content (AvgIpc) is 2.05. The Kier molecular flexibility index (Phi) is 11.2. The number of hydrogen-bond donors (Lipinski definition) is 0. The van der Waals surface area contributed by atoms with Crippen molar-refractivity contribution in [1.29, 1.82) is 0 Å². The maximum absolute atomic E-state index is 5.60. The average molecular weight is 264 g/mol. The minimum Gasteiger partial charge on any atom is -0.494 e. The van der Waals surface area contributed by atoms with Crippen LogP contribution in [0.1, 0.15) is 27.2 Å². The van der Waals surface area contributed by atoms with E-state index in [9.17, 15) is 0 Å². The zero-order chi connectivity index (χ0) is 10.3. The summed E-state index contributed by atoms with van der Waals surface area (Å²) in [5.41, 5.74) is 1.73. The molecule has 2 heteroatoms. The zero-order valence-corrected chi connectivity index (χ0v) is 12.1. The van der Waals surface area contributed by atoms with Crippen molar-refractivity contribution in [3.05, 3.63) is 36.6 Å². The summed E-state index contributed by atoms with van der Waals surface area (Å²) in [7, 11) is 0. The van der Waals surface area contributed by atoms with E-state index in [0.717, 1.165) is 6.42 Å². The molecule has 14 heavy (non-hydrogen) atoms. The molecule has 0 amide bonds. The van der Waals surface area contributed by atoms with Gasteiger partial charge in [-0.15, -0.1) is 13.5 Å². The Morgan fingerprint density at radius 2 is 2.21 bits per heavy atom. The molecule has 0 saturated heterocycles. The fraction of sp³-hybridized carbons (Fsp3) is 0.417. The first-order valence-electron chi connectivity index (χ1n) is 4.40. The van der Waals surface area contributed by atoms with Crippen molar-refractivity contribution in [2.24, 2.45) is 10.9 Å². The summed E-state index contributed by atoms with van der Waals surface area (Å²) >= 11 is 0. The monoisotopic (exact) mass is 264 g/mol. The largest absolute Gasteiger partial charge is 0.494 e. The predicted molar refractivity (Wildman–Crippen MR) is 58.7 cm³/mol. The van der Waals surface area contributed by atoms with Crippen LogP contribution in [0.15, 0.2) is 35.0 Å². The van der Waals surface area contributed by atoms with Gasteiger partial charge >= 0.3 is 0 Å². The van der Waals surface area contributed by atoms with Crippen molar-refractivity contribution in [3.8, 4) is 0 Å². The summed E-state index contributed by atoms with van der Waals surface area (Å²) in [4.78, 5) is 3.85. The molecule has 0 aliphatic carbocycles. The normalized spacial score (nSPS) is 13.5. The summed E-state index contributed by atoms with van der Waals surface area (Å²) in [5.74, 6) is 0.475. The maximum Gasteiger partial charge on any atom is 0 e. The van der Waals surface area contributed by atoms with Crippen LogP contribution in [0.2, 0.25) is 0 Å². The SMILES string of the molecule is [CH-]=C(/C=C(\C)[C@@H](C)CC=C)N=[C-]C.[Y]. The molecule has 1 nitrogen and oxygen atoms in total. The van der Waals surface area contributed by atoms with Gasteiger partial charge in [-0.25, -0.2) is 0 Å². The van der Waals surface area contributed by atoms with Gasteiger partial charge in [-0.05, 0) is 12.3 Å². The molecule has 0 fully saturated rings. The van der Waals surface area contributed by atoms with E-state index in [0.29, 0.717) is 11.6 Å². The van der Waals surface area contributed by atoms with Gasteiger partial charge in [-0.1, -0.05) is 19.9 Å². The number of aliphatic imine (C=N–C) groups is 1. The summed E-state index contributed by atoms with van der Waals surface area (Å²) < 4.78 is 0. The summed E-state index contributed by atoms with van der Waals surface area (Å²) in [6, 6.07) is 0. The molecule has 0 rings (SSSR count). The van der Waals surface area contributed by atoms with Gasteiger partial charge in [-0.2, -0.15) is 11.8 Å². The van der Waals surface area contributed by atoms with Crippen LogP contribution in [0.4, 0.5) is 0 Å². The quantitative estimate of drug-likeness (QED) is 0.312. The molecule has 0 saturated carbocycles. The van der Waals surface area contributed by atoms with Crippen LogP contribution in [-0.4, -0.2) is 6.21 Å². The summed E-state index contributed by atoms with van der Waals surface area (Å²) in [5, 5.41) is 0. The molecule has 0 aromatic carbocycles. The minimum atomic E-state index is 0. The Morgan fingerprint density at radius 3 is 2.64 bits per heavy atom. The Hall–Kier alpha value is -0.00610. The Labute approximate surface area is 113 Å². The zero-order valence-electron chi connectivity index (χ0n) is 9.25. The molecule has 0 heterocycles. The minimum absolute atomic E-state index is 0. The van der Waals surface area contributed by atoms with Gasteiger partial charge in [0.2, 0.25) is 0 Å². The second kappa shape index (κ2) is 9.55. The first-order valence-corrected chi connectivity index (χ1v) is 4.40. The van der Waals surface area contributed by atoms with Gasteiger partial charge in [0.15, 0.2) is 0 Å². The van der Waals surface area contributed by atoms with Crippen LogP contribution in [0, 0.1) is 12.5 Å². The van der Waals surface area contributed by atoms with E-state index >= 15 is 0 Å². The van der Waals surface area contributed by atoms with Crippen molar-refractivity contribution in [3.63, 3.8) is 0 Å². The second-order valence-corrected chi connectivity index (χ2v) is 3.07. The first kappa shape index (κ1) is 16.4. The summed E-state index contributed by atoms with van der Waals surface area (Å²) in [6.45, 7) is 15.2. The number of rotatable bonds is 5. The van der Waals surface area contributed by atoms with Crippen molar-refractivity contribution < 1.29 is 32.7 Å². The Morgan fingerprint density at radius 1 is 1.64 bits per heavy atom. The molecule has 0 aliphatic heterocycles. The maximum atomic E-state index is 5.60. The topological polar surface area (TPSA) is 12.4 Å². The van der Waals surface area contributed by atoms with Crippen molar-refractivity contribution in [2.75, 3.05) is 0 Å². The van der Waals surface area contributed by atoms with E-state index < -0.39 is 0 Å². The van der Waals surface area contributed by atoms with Crippen LogP contribution >= 0.6 is 0 Å². The van der Waals surface area contributed by atoms with Gasteiger partial charge in [0, 0.05) is 32.7 Å². The van der Waals surface area contributed by atoms with E-state index in [4.69, 9.17) is 6.58 Å². The van der Waals surface area contributed by atoms with Crippen LogP contribution in [0.3, 0.4) is 0 Å². The number of nitrogens with zero attached hydrogens (tertiary/aromatic N) is 1. The third-order valence-corrected chi connectivity index (χ3v) is 1.91. The van der Waals surface area contributed by atoms with Gasteiger partial charge in [-0.3, -0.25) is 11.8 Å². The van der Waals surface area contributed by atoms with Crippen LogP contribution in [-0.2, 0) is 32.7 Å². The fourth-order valence-electron chi connectivity index (χ4n) is 0.973. The van der Waals surface area contributed by atoms with E-state index in [1.165, 1.54) is 5.57 Å². The van der Waals surface area contributed by atoms with Crippen molar-refractivity contribution in [2.45, 2.75) is 27.2 Å². The molecule has 0 bridgehead atoms. The fourth-order valence-corrected chi connectivity index (χ4v) is 0.973. The molecule has 1 radical (unpaired) electrons. The van der Waals surface area contributed by atoms with Gasteiger partial charge in [0.05, 0.1) is 0 Å². The molecular formula is C12H17NY-2. The van der Waals surface area contributed by atoms with E-state index in [2.05, 4.69) is 24.7 Å². The van der Waals surface area contributed by atoms with E-state index in [1.54, 1.807) is 6.92 Å². The van der Waals surface area contributed by atoms with Crippen molar-refractivity contribution >= 4 is 6.21 Å². The molecule has 0 N–H and O–H groups in total. The number of allylic oxidation sites excluding steroid dienone is 3. The standard InChI is InChI=1S/C12H17N.Y/c1-6-8-10(3)11(4)9-12(5)13-7-2;/h5-6,9-10H,1,8H2,2-4H3;/q-2;/b11-9+;/t10-;/m0./s1. The van der Waals surface area contributed by atoms with Gasteiger partial charge in [0.1, 0.15) is 0 Å². The molecule has 0 aliphatic rings. The number of hydrogen-bond acceptors (Lipinski definition) is 1. The Balaban J connectivity index is 0. The molecule has 0 spiro atoms. The van der Waals surface area contributed by atoms with Crippen LogP contribution < -0.4 is 0 Å². The molecule has 0 unspecified atom stereocenters. The third-order valence-electron chi connectivity index (χ3n) is 1.91. The second-order valence-electron chi connectivity index (χ2n) is 3.07.